The summed E-state index contributed by atoms with van der Waals surface area (Å²) in [7, 11) is 3.49. The molecule has 0 fully saturated rings. The Morgan fingerprint density at radius 3 is 2.53 bits per heavy atom. The van der Waals surface area contributed by atoms with E-state index in [1.54, 1.807) is 46.5 Å². The molecule has 0 N–H and O–H groups in total. The summed E-state index contributed by atoms with van der Waals surface area (Å²) in [5, 5.41) is 0. The molecular formula is C13H20O5S. The van der Waals surface area contributed by atoms with Crippen LogP contribution < -0.4 is 9.47 Å². The minimum Gasteiger partial charge on any atom is -0.497 e. The zero-order valence-electron chi connectivity index (χ0n) is 11.7. The number of methoxy groups -OCH3 is 3. The molecule has 0 aliphatic heterocycles. The monoisotopic (exact) mass is 288 g/mol. The van der Waals surface area contributed by atoms with E-state index in [2.05, 4.69) is 0 Å². The van der Waals surface area contributed by atoms with Crippen LogP contribution in [0.4, 0.5) is 0 Å². The fraction of sp³-hybridized carbons (Fsp3) is 0.538. The lowest BCUT2D eigenvalue weighted by Crippen LogP contribution is -2.15. The van der Waals surface area contributed by atoms with Crippen LogP contribution in [0.5, 0.6) is 11.5 Å². The highest BCUT2D eigenvalue weighted by atomic mass is 32.2. The first-order chi connectivity index (χ1) is 9.12. The average Bonchev–Trinajstić information content (AvgIpc) is 2.45. The molecule has 2 atom stereocenters. The molecule has 108 valence electrons. The first-order valence-corrected chi connectivity index (χ1v) is 7.19. The van der Waals surface area contributed by atoms with Gasteiger partial charge in [-0.2, -0.15) is 0 Å². The van der Waals surface area contributed by atoms with Crippen molar-refractivity contribution in [2.75, 3.05) is 33.7 Å². The molecule has 0 radical (unpaired) electrons. The number of ether oxygens (including phenoxy) is 4. The van der Waals surface area contributed by atoms with E-state index in [1.165, 1.54) is 0 Å². The molecule has 0 heterocycles. The van der Waals surface area contributed by atoms with E-state index >= 15 is 0 Å². The van der Waals surface area contributed by atoms with Crippen molar-refractivity contribution < 1.29 is 23.2 Å². The molecule has 6 heteroatoms. The topological polar surface area (TPSA) is 54.0 Å². The van der Waals surface area contributed by atoms with Crippen molar-refractivity contribution in [2.24, 2.45) is 0 Å². The molecule has 1 rings (SSSR count). The predicted octanol–water partition coefficient (Wildman–Crippen LogP) is 1.82. The van der Waals surface area contributed by atoms with Gasteiger partial charge in [-0.05, 0) is 19.1 Å². The molecule has 1 aromatic rings. The highest BCUT2D eigenvalue weighted by Crippen LogP contribution is 2.27. The van der Waals surface area contributed by atoms with E-state index in [0.29, 0.717) is 28.8 Å². The largest absolute Gasteiger partial charge is 0.497 e. The van der Waals surface area contributed by atoms with Gasteiger partial charge in [-0.1, -0.05) is 0 Å². The lowest BCUT2D eigenvalue weighted by Gasteiger charge is -2.12. The number of rotatable bonds is 8. The summed E-state index contributed by atoms with van der Waals surface area (Å²) in [6, 6.07) is 5.22. The molecule has 0 aromatic heterocycles. The van der Waals surface area contributed by atoms with Crippen molar-refractivity contribution in [3.05, 3.63) is 18.2 Å². The number of hydrogen-bond acceptors (Lipinski definition) is 5. The van der Waals surface area contributed by atoms with Gasteiger partial charge < -0.3 is 18.9 Å². The zero-order chi connectivity index (χ0) is 14.3. The third-order valence-electron chi connectivity index (χ3n) is 2.57. The SMILES string of the molecule is COc1ccc(S(=O)CCOC(C)OC)c(OC)c1. The second kappa shape index (κ2) is 8.14. The lowest BCUT2D eigenvalue weighted by atomic mass is 10.3. The third kappa shape index (κ3) is 4.81. The van der Waals surface area contributed by atoms with Crippen molar-refractivity contribution in [1.29, 1.82) is 0 Å². The van der Waals surface area contributed by atoms with E-state index in [-0.39, 0.29) is 6.29 Å². The minimum absolute atomic E-state index is 0.297. The highest BCUT2D eigenvalue weighted by Gasteiger charge is 2.12. The summed E-state index contributed by atoms with van der Waals surface area (Å²) in [5.74, 6) is 1.61. The smallest absolute Gasteiger partial charge is 0.154 e. The Balaban J connectivity index is 2.66. The van der Waals surface area contributed by atoms with Crippen LogP contribution in [0.3, 0.4) is 0 Å². The Kier molecular flexibility index (Phi) is 6.83. The Bertz CT molecular complexity index is 421. The number of hydrogen-bond donors (Lipinski definition) is 0. The van der Waals surface area contributed by atoms with Gasteiger partial charge in [-0.25, -0.2) is 0 Å². The summed E-state index contributed by atoms with van der Waals surface area (Å²) >= 11 is 0. The maximum atomic E-state index is 12.2. The lowest BCUT2D eigenvalue weighted by molar-refractivity contribution is -0.105. The summed E-state index contributed by atoms with van der Waals surface area (Å²) < 4.78 is 32.8. The molecular weight excluding hydrogens is 268 g/mol. The molecule has 2 unspecified atom stereocenters. The van der Waals surface area contributed by atoms with Crippen LogP contribution in [0.2, 0.25) is 0 Å². The second-order valence-electron chi connectivity index (χ2n) is 3.74. The Labute approximate surface area is 116 Å². The van der Waals surface area contributed by atoms with Crippen LogP contribution in [0.15, 0.2) is 23.1 Å². The van der Waals surface area contributed by atoms with Crippen LogP contribution in [0.25, 0.3) is 0 Å². The maximum Gasteiger partial charge on any atom is 0.154 e. The Morgan fingerprint density at radius 1 is 1.21 bits per heavy atom. The number of benzene rings is 1. The average molecular weight is 288 g/mol. The molecule has 0 saturated carbocycles. The van der Waals surface area contributed by atoms with Gasteiger partial charge in [0.25, 0.3) is 0 Å². The highest BCUT2D eigenvalue weighted by molar-refractivity contribution is 7.85. The van der Waals surface area contributed by atoms with Crippen molar-refractivity contribution in [3.63, 3.8) is 0 Å². The Hall–Kier alpha value is -1.11. The minimum atomic E-state index is -1.18. The predicted molar refractivity (Wildman–Crippen MR) is 73.2 cm³/mol. The van der Waals surface area contributed by atoms with Crippen molar-refractivity contribution in [2.45, 2.75) is 18.1 Å². The van der Waals surface area contributed by atoms with E-state index in [0.717, 1.165) is 0 Å². The summed E-state index contributed by atoms with van der Waals surface area (Å²) in [6.45, 7) is 2.15. The molecule has 0 aliphatic carbocycles. The summed E-state index contributed by atoms with van der Waals surface area (Å²) in [4.78, 5) is 0.636. The van der Waals surface area contributed by atoms with Crippen molar-refractivity contribution >= 4 is 10.8 Å². The Morgan fingerprint density at radius 2 is 1.95 bits per heavy atom. The van der Waals surface area contributed by atoms with Crippen LogP contribution in [0.1, 0.15) is 6.92 Å². The molecule has 5 nitrogen and oxygen atoms in total. The molecule has 0 bridgehead atoms. The van der Waals surface area contributed by atoms with E-state index in [4.69, 9.17) is 18.9 Å². The van der Waals surface area contributed by atoms with Gasteiger partial charge in [0.2, 0.25) is 0 Å². The normalized spacial score (nSPS) is 13.9. The second-order valence-corrected chi connectivity index (χ2v) is 5.28. The fourth-order valence-electron chi connectivity index (χ4n) is 1.43. The van der Waals surface area contributed by atoms with E-state index in [1.807, 2.05) is 0 Å². The summed E-state index contributed by atoms with van der Waals surface area (Å²) in [5.41, 5.74) is 0. The van der Waals surface area contributed by atoms with Crippen LogP contribution in [-0.2, 0) is 20.3 Å². The molecule has 0 aliphatic rings. The van der Waals surface area contributed by atoms with E-state index < -0.39 is 10.8 Å². The standard InChI is InChI=1S/C13H20O5S/c1-10(15-2)18-7-8-19(14)13-6-5-11(16-3)9-12(13)17-4/h5-6,9-10H,7-8H2,1-4H3. The molecule has 19 heavy (non-hydrogen) atoms. The van der Waals surface area contributed by atoms with Gasteiger partial charge in [0.05, 0.1) is 42.3 Å². The van der Waals surface area contributed by atoms with Crippen LogP contribution in [0, 0.1) is 0 Å². The quantitative estimate of drug-likeness (QED) is 0.683. The van der Waals surface area contributed by atoms with Crippen molar-refractivity contribution in [1.82, 2.24) is 0 Å². The molecule has 0 spiro atoms. The van der Waals surface area contributed by atoms with Gasteiger partial charge >= 0.3 is 0 Å². The summed E-state index contributed by atoms with van der Waals surface area (Å²) in [6.07, 6.45) is -0.297. The van der Waals surface area contributed by atoms with Crippen LogP contribution >= 0.6 is 0 Å². The third-order valence-corrected chi connectivity index (χ3v) is 3.93. The molecule has 0 saturated heterocycles. The van der Waals surface area contributed by atoms with E-state index in [9.17, 15) is 4.21 Å². The van der Waals surface area contributed by atoms with Gasteiger partial charge in [-0.3, -0.25) is 4.21 Å². The fourth-order valence-corrected chi connectivity index (χ4v) is 2.48. The van der Waals surface area contributed by atoms with Crippen molar-refractivity contribution in [3.8, 4) is 11.5 Å². The van der Waals surface area contributed by atoms with Gasteiger partial charge in [0.1, 0.15) is 11.5 Å². The zero-order valence-corrected chi connectivity index (χ0v) is 12.5. The first-order valence-electron chi connectivity index (χ1n) is 5.87. The molecule has 1 aromatic carbocycles. The van der Waals surface area contributed by atoms with Gasteiger partial charge in [0.15, 0.2) is 6.29 Å². The molecule has 0 amide bonds. The first kappa shape index (κ1) is 15.9. The van der Waals surface area contributed by atoms with Crippen LogP contribution in [-0.4, -0.2) is 44.2 Å². The van der Waals surface area contributed by atoms with Gasteiger partial charge in [0, 0.05) is 13.2 Å². The maximum absolute atomic E-state index is 12.2. The van der Waals surface area contributed by atoms with Gasteiger partial charge in [-0.15, -0.1) is 0 Å².